The second-order valence-corrected chi connectivity index (χ2v) is 7.36. The Bertz CT molecular complexity index is 829. The summed E-state index contributed by atoms with van der Waals surface area (Å²) >= 11 is 0. The molecule has 29 heavy (non-hydrogen) atoms. The summed E-state index contributed by atoms with van der Waals surface area (Å²) in [6.07, 6.45) is 3.18. The second-order valence-electron chi connectivity index (χ2n) is 7.36. The van der Waals surface area contributed by atoms with Gasteiger partial charge in [0.15, 0.2) is 0 Å². The fourth-order valence-corrected chi connectivity index (χ4v) is 3.28. The molecule has 2 amide bonds. The number of aryl methyl sites for hydroxylation is 1. The van der Waals surface area contributed by atoms with Crippen molar-refractivity contribution in [3.05, 3.63) is 47.8 Å². The second kappa shape index (κ2) is 9.87. The Balaban J connectivity index is 0.00000300. The number of halogens is 1. The van der Waals surface area contributed by atoms with Crippen molar-refractivity contribution in [2.45, 2.75) is 45.6 Å². The summed E-state index contributed by atoms with van der Waals surface area (Å²) in [7, 11) is 0. The molecule has 2 heterocycles. The summed E-state index contributed by atoms with van der Waals surface area (Å²) in [6, 6.07) is 6.73. The van der Waals surface area contributed by atoms with E-state index in [0.29, 0.717) is 18.8 Å². The van der Waals surface area contributed by atoms with Crippen molar-refractivity contribution in [3.63, 3.8) is 0 Å². The number of carbonyl (C=O) groups is 2. The van der Waals surface area contributed by atoms with Gasteiger partial charge in [-0.25, -0.2) is 0 Å². The minimum Gasteiger partial charge on any atom is -0.372 e. The lowest BCUT2D eigenvalue weighted by Gasteiger charge is -2.35. The monoisotopic (exact) mass is 421 g/mol. The minimum atomic E-state index is -0.776. The fourth-order valence-electron chi connectivity index (χ4n) is 3.28. The van der Waals surface area contributed by atoms with E-state index < -0.39 is 6.04 Å². The molecule has 1 aromatic carbocycles. The number of hydrogen-bond acceptors (Lipinski definition) is 5. The molecule has 3 unspecified atom stereocenters. The van der Waals surface area contributed by atoms with E-state index in [4.69, 9.17) is 10.5 Å². The van der Waals surface area contributed by atoms with Gasteiger partial charge in [-0.15, -0.1) is 12.4 Å². The van der Waals surface area contributed by atoms with Crippen LogP contribution in [0.15, 0.2) is 36.7 Å². The van der Waals surface area contributed by atoms with Gasteiger partial charge in [-0.05, 0) is 26.3 Å². The van der Waals surface area contributed by atoms with Crippen LogP contribution in [-0.2, 0) is 20.9 Å². The molecule has 2 aromatic rings. The van der Waals surface area contributed by atoms with Crippen molar-refractivity contribution in [3.8, 4) is 0 Å². The fraction of sp³-hybridized carbons (Fsp3) is 0.450. The van der Waals surface area contributed by atoms with Gasteiger partial charge in [-0.3, -0.25) is 14.3 Å². The van der Waals surface area contributed by atoms with Gasteiger partial charge >= 0.3 is 0 Å². The number of amides is 2. The van der Waals surface area contributed by atoms with Crippen LogP contribution in [0.1, 0.15) is 31.0 Å². The van der Waals surface area contributed by atoms with E-state index in [1.165, 1.54) is 10.9 Å². The first-order valence-electron chi connectivity index (χ1n) is 9.40. The predicted molar refractivity (Wildman–Crippen MR) is 113 cm³/mol. The van der Waals surface area contributed by atoms with Gasteiger partial charge in [0, 0.05) is 19.3 Å². The van der Waals surface area contributed by atoms with Crippen LogP contribution in [0.25, 0.3) is 0 Å². The van der Waals surface area contributed by atoms with Gasteiger partial charge in [0.25, 0.3) is 0 Å². The molecule has 3 rings (SSSR count). The van der Waals surface area contributed by atoms with Crippen molar-refractivity contribution in [2.24, 2.45) is 5.73 Å². The van der Waals surface area contributed by atoms with E-state index in [2.05, 4.69) is 10.4 Å². The maximum Gasteiger partial charge on any atom is 0.245 e. The highest BCUT2D eigenvalue weighted by Gasteiger charge is 2.26. The largest absolute Gasteiger partial charge is 0.372 e. The number of nitrogens with one attached hydrogen (secondary N) is 1. The Morgan fingerprint density at radius 3 is 2.48 bits per heavy atom. The number of hydrogen-bond donors (Lipinski definition) is 2. The lowest BCUT2D eigenvalue weighted by atomic mass is 10.1. The maximum absolute atomic E-state index is 12.5. The SMILES string of the molecule is Cc1ccc(C(N)C(=O)Nc2cnn(CC(=O)N3CC(C)OC(C)C3)c2)cc1.Cl. The minimum absolute atomic E-state index is 0. The topological polar surface area (TPSA) is 102 Å². The molecule has 0 bridgehead atoms. The molecule has 0 aliphatic carbocycles. The molecule has 3 N–H and O–H groups in total. The van der Waals surface area contributed by atoms with Gasteiger partial charge in [-0.2, -0.15) is 5.10 Å². The van der Waals surface area contributed by atoms with E-state index in [1.54, 1.807) is 11.1 Å². The van der Waals surface area contributed by atoms with Crippen LogP contribution >= 0.6 is 12.4 Å². The zero-order valence-electron chi connectivity index (χ0n) is 16.9. The summed E-state index contributed by atoms with van der Waals surface area (Å²) in [5.41, 5.74) is 8.38. The van der Waals surface area contributed by atoms with Crippen molar-refractivity contribution < 1.29 is 14.3 Å². The number of rotatable bonds is 5. The predicted octanol–water partition coefficient (Wildman–Crippen LogP) is 1.89. The summed E-state index contributed by atoms with van der Waals surface area (Å²) < 4.78 is 7.17. The van der Waals surface area contributed by atoms with Crippen LogP contribution in [0.2, 0.25) is 0 Å². The molecule has 1 fully saturated rings. The number of carbonyl (C=O) groups excluding carboxylic acids is 2. The normalized spacial score (nSPS) is 19.9. The number of benzene rings is 1. The highest BCUT2D eigenvalue weighted by Crippen LogP contribution is 2.15. The van der Waals surface area contributed by atoms with Crippen molar-refractivity contribution in [1.29, 1.82) is 0 Å². The summed E-state index contributed by atoms with van der Waals surface area (Å²) in [5, 5.41) is 6.92. The van der Waals surface area contributed by atoms with Crippen LogP contribution < -0.4 is 11.1 Å². The molecule has 0 saturated carbocycles. The molecule has 1 aromatic heterocycles. The number of nitrogens with two attached hydrogens (primary N) is 1. The van der Waals surface area contributed by atoms with E-state index in [-0.39, 0.29) is 43.0 Å². The average molecular weight is 422 g/mol. The van der Waals surface area contributed by atoms with Crippen molar-refractivity contribution in [2.75, 3.05) is 18.4 Å². The van der Waals surface area contributed by atoms with E-state index >= 15 is 0 Å². The number of morpholine rings is 1. The zero-order valence-corrected chi connectivity index (χ0v) is 17.7. The van der Waals surface area contributed by atoms with Gasteiger partial charge in [-0.1, -0.05) is 29.8 Å². The molecule has 3 atom stereocenters. The number of aromatic nitrogens is 2. The summed E-state index contributed by atoms with van der Waals surface area (Å²) in [6.45, 7) is 7.13. The smallest absolute Gasteiger partial charge is 0.245 e. The van der Waals surface area contributed by atoms with Gasteiger partial charge in [0.2, 0.25) is 11.8 Å². The first-order chi connectivity index (χ1) is 13.3. The number of nitrogens with zero attached hydrogens (tertiary/aromatic N) is 3. The Kier molecular flexibility index (Phi) is 7.78. The molecule has 8 nitrogen and oxygen atoms in total. The van der Waals surface area contributed by atoms with Crippen LogP contribution in [0, 0.1) is 6.92 Å². The lowest BCUT2D eigenvalue weighted by Crippen LogP contribution is -2.49. The molecule has 0 radical (unpaired) electrons. The van der Waals surface area contributed by atoms with Crippen molar-refractivity contribution in [1.82, 2.24) is 14.7 Å². The van der Waals surface area contributed by atoms with E-state index in [0.717, 1.165) is 11.1 Å². The first kappa shape index (κ1) is 22.9. The summed E-state index contributed by atoms with van der Waals surface area (Å²) in [5.74, 6) is -0.357. The Morgan fingerprint density at radius 2 is 1.86 bits per heavy atom. The molecule has 0 spiro atoms. The number of anilines is 1. The molecule has 158 valence electrons. The third-order valence-electron chi connectivity index (χ3n) is 4.69. The van der Waals surface area contributed by atoms with Gasteiger partial charge in [0.05, 0.1) is 24.1 Å². The zero-order chi connectivity index (χ0) is 20.3. The molecule has 1 saturated heterocycles. The standard InChI is InChI=1S/C20H27N5O3.ClH/c1-13-4-6-16(7-5-13)19(21)20(27)23-17-8-22-25(11-17)12-18(26)24-9-14(2)28-15(3)10-24;/h4-8,11,14-15,19H,9-10,12,21H2,1-3H3,(H,23,27);1H. The quantitative estimate of drug-likeness (QED) is 0.767. The molecular weight excluding hydrogens is 394 g/mol. The van der Waals surface area contributed by atoms with Gasteiger partial charge < -0.3 is 20.7 Å². The number of ether oxygens (including phenoxy) is 1. The third kappa shape index (κ3) is 6.03. The van der Waals surface area contributed by atoms with Crippen LogP contribution in [0.3, 0.4) is 0 Å². The van der Waals surface area contributed by atoms with Gasteiger partial charge in [0.1, 0.15) is 12.6 Å². The van der Waals surface area contributed by atoms with E-state index in [9.17, 15) is 9.59 Å². The third-order valence-corrected chi connectivity index (χ3v) is 4.69. The highest BCUT2D eigenvalue weighted by molar-refractivity contribution is 5.95. The molecule has 1 aliphatic heterocycles. The van der Waals surface area contributed by atoms with E-state index in [1.807, 2.05) is 45.0 Å². The van der Waals surface area contributed by atoms with Crippen LogP contribution in [0.4, 0.5) is 5.69 Å². The van der Waals surface area contributed by atoms with Crippen LogP contribution in [0.5, 0.6) is 0 Å². The van der Waals surface area contributed by atoms with Crippen LogP contribution in [-0.4, -0.2) is 51.8 Å². The Labute approximate surface area is 176 Å². The first-order valence-corrected chi connectivity index (χ1v) is 9.40. The maximum atomic E-state index is 12.5. The average Bonchev–Trinajstić information content (AvgIpc) is 3.07. The van der Waals surface area contributed by atoms with Crippen molar-refractivity contribution >= 4 is 29.9 Å². The molecule has 1 aliphatic rings. The molecular formula is C20H28ClN5O3. The highest BCUT2D eigenvalue weighted by atomic mass is 35.5. The Hall–Kier alpha value is -2.42. The summed E-state index contributed by atoms with van der Waals surface area (Å²) in [4.78, 5) is 26.7. The Morgan fingerprint density at radius 1 is 1.24 bits per heavy atom. The molecule has 9 heteroatoms. The lowest BCUT2D eigenvalue weighted by molar-refractivity contribution is -0.144.